The Morgan fingerprint density at radius 3 is 2.17 bits per heavy atom. The maximum atomic E-state index is 11.9. The van der Waals surface area contributed by atoms with Gasteiger partial charge in [0, 0.05) is 4.90 Å². The Bertz CT molecular complexity index is 529. The van der Waals surface area contributed by atoms with Crippen LogP contribution in [0, 0.1) is 6.92 Å². The summed E-state index contributed by atoms with van der Waals surface area (Å²) < 4.78 is 5.29. The van der Waals surface area contributed by atoms with Crippen molar-refractivity contribution in [3.05, 3.63) is 59.7 Å². The van der Waals surface area contributed by atoms with Crippen LogP contribution in [-0.4, -0.2) is 12.2 Å². The lowest BCUT2D eigenvalue weighted by Gasteiger charge is -2.05. The van der Waals surface area contributed by atoms with Gasteiger partial charge in [0.15, 0.2) is 0 Å². The van der Waals surface area contributed by atoms with E-state index in [1.165, 1.54) is 0 Å². The summed E-state index contributed by atoms with van der Waals surface area (Å²) in [5.74, 6) is 0.241. The average Bonchev–Trinajstić information content (AvgIpc) is 2.40. The topological polar surface area (TPSA) is 26.3 Å². The van der Waals surface area contributed by atoms with Gasteiger partial charge in [-0.3, -0.25) is 0 Å². The third-order valence-electron chi connectivity index (χ3n) is 2.56. The second-order valence-electron chi connectivity index (χ2n) is 3.93. The SMILES string of the molecule is CSc1ccc(OC(=O)c2ccc(C)cc2)cc1. The monoisotopic (exact) mass is 258 g/mol. The molecule has 0 bridgehead atoms. The fourth-order valence-corrected chi connectivity index (χ4v) is 1.91. The normalized spacial score (nSPS) is 10.1. The summed E-state index contributed by atoms with van der Waals surface area (Å²) in [6, 6.07) is 14.8. The summed E-state index contributed by atoms with van der Waals surface area (Å²) in [5, 5.41) is 0. The van der Waals surface area contributed by atoms with Crippen LogP contribution in [0.3, 0.4) is 0 Å². The molecule has 0 amide bonds. The molecule has 0 N–H and O–H groups in total. The summed E-state index contributed by atoms with van der Waals surface area (Å²) in [4.78, 5) is 13.0. The molecule has 0 atom stereocenters. The molecule has 2 rings (SSSR count). The predicted octanol–water partition coefficient (Wildman–Crippen LogP) is 3.94. The number of esters is 1. The molecule has 2 aromatic carbocycles. The Hall–Kier alpha value is -1.74. The first-order valence-electron chi connectivity index (χ1n) is 5.62. The molecular formula is C15H14O2S. The van der Waals surface area contributed by atoms with Crippen molar-refractivity contribution >= 4 is 17.7 Å². The molecule has 0 aliphatic rings. The highest BCUT2D eigenvalue weighted by molar-refractivity contribution is 7.98. The first kappa shape index (κ1) is 12.7. The van der Waals surface area contributed by atoms with Crippen molar-refractivity contribution in [1.82, 2.24) is 0 Å². The summed E-state index contributed by atoms with van der Waals surface area (Å²) in [6.07, 6.45) is 2.01. The largest absolute Gasteiger partial charge is 0.423 e. The molecule has 2 aromatic rings. The zero-order valence-corrected chi connectivity index (χ0v) is 11.2. The summed E-state index contributed by atoms with van der Waals surface area (Å²) in [6.45, 7) is 1.98. The van der Waals surface area contributed by atoms with E-state index < -0.39 is 0 Å². The predicted molar refractivity (Wildman–Crippen MR) is 74.4 cm³/mol. The number of hydrogen-bond acceptors (Lipinski definition) is 3. The van der Waals surface area contributed by atoms with E-state index in [9.17, 15) is 4.79 Å². The zero-order chi connectivity index (χ0) is 13.0. The van der Waals surface area contributed by atoms with Crippen LogP contribution >= 0.6 is 11.8 Å². The van der Waals surface area contributed by atoms with Crippen LogP contribution in [-0.2, 0) is 0 Å². The second kappa shape index (κ2) is 5.74. The van der Waals surface area contributed by atoms with E-state index >= 15 is 0 Å². The quantitative estimate of drug-likeness (QED) is 0.474. The van der Waals surface area contributed by atoms with Gasteiger partial charge in [0.1, 0.15) is 5.75 Å². The molecule has 0 fully saturated rings. The molecule has 0 spiro atoms. The summed E-state index contributed by atoms with van der Waals surface area (Å²) in [7, 11) is 0. The van der Waals surface area contributed by atoms with E-state index in [1.807, 2.05) is 37.4 Å². The van der Waals surface area contributed by atoms with E-state index in [0.29, 0.717) is 11.3 Å². The second-order valence-corrected chi connectivity index (χ2v) is 4.81. The molecule has 0 saturated carbocycles. The first-order valence-corrected chi connectivity index (χ1v) is 6.84. The Morgan fingerprint density at radius 1 is 1.00 bits per heavy atom. The molecule has 0 radical (unpaired) electrons. The highest BCUT2D eigenvalue weighted by Crippen LogP contribution is 2.19. The number of thioether (sulfide) groups is 1. The summed E-state index contributed by atoms with van der Waals surface area (Å²) >= 11 is 1.65. The Labute approximate surface area is 111 Å². The average molecular weight is 258 g/mol. The van der Waals surface area contributed by atoms with Crippen LogP contribution in [0.4, 0.5) is 0 Å². The van der Waals surface area contributed by atoms with Gasteiger partial charge in [-0.1, -0.05) is 17.7 Å². The molecule has 2 nitrogen and oxygen atoms in total. The van der Waals surface area contributed by atoms with E-state index in [0.717, 1.165) is 10.5 Å². The van der Waals surface area contributed by atoms with Crippen molar-refractivity contribution in [1.29, 1.82) is 0 Å². The smallest absolute Gasteiger partial charge is 0.343 e. The van der Waals surface area contributed by atoms with Crippen LogP contribution in [0.5, 0.6) is 5.75 Å². The molecule has 92 valence electrons. The zero-order valence-electron chi connectivity index (χ0n) is 10.3. The number of rotatable bonds is 3. The fraction of sp³-hybridized carbons (Fsp3) is 0.133. The standard InChI is InChI=1S/C15H14O2S/c1-11-3-5-12(6-4-11)15(16)17-13-7-9-14(18-2)10-8-13/h3-10H,1-2H3. The van der Waals surface area contributed by atoms with Gasteiger partial charge in [-0.2, -0.15) is 0 Å². The minimum atomic E-state index is -0.327. The third kappa shape index (κ3) is 3.14. The number of carbonyl (C=O) groups is 1. The van der Waals surface area contributed by atoms with Crippen LogP contribution in [0.2, 0.25) is 0 Å². The third-order valence-corrected chi connectivity index (χ3v) is 3.30. The lowest BCUT2D eigenvalue weighted by Crippen LogP contribution is -2.08. The minimum Gasteiger partial charge on any atom is -0.423 e. The molecular weight excluding hydrogens is 244 g/mol. The van der Waals surface area contributed by atoms with E-state index in [-0.39, 0.29) is 5.97 Å². The van der Waals surface area contributed by atoms with Crippen molar-refractivity contribution in [2.24, 2.45) is 0 Å². The van der Waals surface area contributed by atoms with Gasteiger partial charge in [-0.05, 0) is 49.6 Å². The molecule has 0 aliphatic carbocycles. The van der Waals surface area contributed by atoms with Gasteiger partial charge in [-0.25, -0.2) is 4.79 Å². The number of carbonyl (C=O) groups excluding carboxylic acids is 1. The highest BCUT2D eigenvalue weighted by atomic mass is 32.2. The maximum absolute atomic E-state index is 11.9. The van der Waals surface area contributed by atoms with Gasteiger partial charge in [-0.15, -0.1) is 11.8 Å². The molecule has 0 aliphatic heterocycles. The fourth-order valence-electron chi connectivity index (χ4n) is 1.50. The van der Waals surface area contributed by atoms with Crippen LogP contribution in [0.25, 0.3) is 0 Å². The van der Waals surface area contributed by atoms with Crippen LogP contribution in [0.1, 0.15) is 15.9 Å². The molecule has 0 aromatic heterocycles. The van der Waals surface area contributed by atoms with Gasteiger partial charge >= 0.3 is 5.97 Å². The van der Waals surface area contributed by atoms with Gasteiger partial charge in [0.2, 0.25) is 0 Å². The Morgan fingerprint density at radius 2 is 1.61 bits per heavy atom. The van der Waals surface area contributed by atoms with Crippen molar-refractivity contribution in [2.75, 3.05) is 6.26 Å². The van der Waals surface area contributed by atoms with Gasteiger partial charge < -0.3 is 4.74 Å². The highest BCUT2D eigenvalue weighted by Gasteiger charge is 2.07. The van der Waals surface area contributed by atoms with Crippen molar-refractivity contribution < 1.29 is 9.53 Å². The van der Waals surface area contributed by atoms with Gasteiger partial charge in [0.05, 0.1) is 5.56 Å². The minimum absolute atomic E-state index is 0.327. The van der Waals surface area contributed by atoms with E-state index in [1.54, 1.807) is 36.0 Å². The van der Waals surface area contributed by atoms with E-state index in [2.05, 4.69) is 0 Å². The Balaban J connectivity index is 2.08. The van der Waals surface area contributed by atoms with Crippen molar-refractivity contribution in [3.63, 3.8) is 0 Å². The number of benzene rings is 2. The number of aryl methyl sites for hydroxylation is 1. The lowest BCUT2D eigenvalue weighted by atomic mass is 10.1. The van der Waals surface area contributed by atoms with Crippen LogP contribution < -0.4 is 4.74 Å². The maximum Gasteiger partial charge on any atom is 0.343 e. The van der Waals surface area contributed by atoms with Crippen molar-refractivity contribution in [3.8, 4) is 5.75 Å². The Kier molecular flexibility index (Phi) is 4.05. The first-order chi connectivity index (χ1) is 8.69. The molecule has 0 heterocycles. The number of hydrogen-bond donors (Lipinski definition) is 0. The molecule has 0 unspecified atom stereocenters. The molecule has 0 saturated heterocycles. The van der Waals surface area contributed by atoms with Crippen LogP contribution in [0.15, 0.2) is 53.4 Å². The lowest BCUT2D eigenvalue weighted by molar-refractivity contribution is 0.0734. The van der Waals surface area contributed by atoms with Gasteiger partial charge in [0.25, 0.3) is 0 Å². The molecule has 18 heavy (non-hydrogen) atoms. The number of ether oxygens (including phenoxy) is 1. The van der Waals surface area contributed by atoms with Crippen molar-refractivity contribution in [2.45, 2.75) is 11.8 Å². The van der Waals surface area contributed by atoms with E-state index in [4.69, 9.17) is 4.74 Å². The molecule has 3 heteroatoms. The summed E-state index contributed by atoms with van der Waals surface area (Å²) in [5.41, 5.74) is 1.69.